The Bertz CT molecular complexity index is 373. The molecule has 0 aromatic heterocycles. The van der Waals surface area contributed by atoms with Crippen molar-refractivity contribution in [3.05, 3.63) is 29.6 Å². The quantitative estimate of drug-likeness (QED) is 0.836. The molecular formula is C12H15FO3. The van der Waals surface area contributed by atoms with Crippen LogP contribution in [-0.2, 0) is 10.3 Å². The second-order valence-corrected chi connectivity index (χ2v) is 4.03. The van der Waals surface area contributed by atoms with Gasteiger partial charge in [0.15, 0.2) is 0 Å². The summed E-state index contributed by atoms with van der Waals surface area (Å²) in [7, 11) is 1.48. The second kappa shape index (κ2) is 4.39. The predicted molar refractivity (Wildman–Crippen MR) is 56.9 cm³/mol. The summed E-state index contributed by atoms with van der Waals surface area (Å²) >= 11 is 0. The lowest BCUT2D eigenvalue weighted by atomic mass is 9.88. The van der Waals surface area contributed by atoms with Gasteiger partial charge in [-0.3, -0.25) is 0 Å². The van der Waals surface area contributed by atoms with E-state index in [-0.39, 0.29) is 12.2 Å². The van der Waals surface area contributed by atoms with Gasteiger partial charge in [0, 0.05) is 18.2 Å². The first kappa shape index (κ1) is 11.4. The Morgan fingerprint density at radius 1 is 1.50 bits per heavy atom. The van der Waals surface area contributed by atoms with Crippen molar-refractivity contribution in [3.8, 4) is 5.75 Å². The van der Waals surface area contributed by atoms with Crippen molar-refractivity contribution in [1.29, 1.82) is 0 Å². The summed E-state index contributed by atoms with van der Waals surface area (Å²) in [6.07, 6.45) is 1.26. The van der Waals surface area contributed by atoms with E-state index < -0.39 is 11.4 Å². The van der Waals surface area contributed by atoms with Gasteiger partial charge in [0.25, 0.3) is 0 Å². The second-order valence-electron chi connectivity index (χ2n) is 4.03. The van der Waals surface area contributed by atoms with Gasteiger partial charge in [-0.25, -0.2) is 4.39 Å². The number of halogens is 1. The highest BCUT2D eigenvalue weighted by atomic mass is 19.1. The maximum atomic E-state index is 13.8. The van der Waals surface area contributed by atoms with Crippen LogP contribution < -0.4 is 4.74 Å². The number of rotatable bonds is 2. The minimum absolute atomic E-state index is 0.149. The maximum absolute atomic E-state index is 13.8. The molecule has 0 spiro atoms. The Balaban J connectivity index is 2.32. The van der Waals surface area contributed by atoms with Gasteiger partial charge in [-0.15, -0.1) is 0 Å². The van der Waals surface area contributed by atoms with Crippen LogP contribution in [0.3, 0.4) is 0 Å². The monoisotopic (exact) mass is 226 g/mol. The van der Waals surface area contributed by atoms with E-state index in [0.29, 0.717) is 18.8 Å². The Morgan fingerprint density at radius 2 is 2.31 bits per heavy atom. The molecule has 4 heteroatoms. The number of methoxy groups -OCH3 is 1. The minimum atomic E-state index is -1.20. The third-order valence-corrected chi connectivity index (χ3v) is 2.90. The molecule has 3 nitrogen and oxygen atoms in total. The van der Waals surface area contributed by atoms with Gasteiger partial charge in [0.1, 0.15) is 17.2 Å². The fraction of sp³-hybridized carbons (Fsp3) is 0.500. The molecule has 0 radical (unpaired) electrons. The highest BCUT2D eigenvalue weighted by molar-refractivity contribution is 5.32. The molecule has 0 aliphatic carbocycles. The topological polar surface area (TPSA) is 38.7 Å². The standard InChI is InChI=1S/C12H15FO3/c1-15-9-3-4-10(11(13)7-9)12(14)5-2-6-16-8-12/h3-4,7,14H,2,5-6,8H2,1H3. The van der Waals surface area contributed by atoms with E-state index in [2.05, 4.69) is 0 Å². The first-order valence-corrected chi connectivity index (χ1v) is 5.30. The van der Waals surface area contributed by atoms with Crippen LogP contribution in [0.15, 0.2) is 18.2 Å². The van der Waals surface area contributed by atoms with Gasteiger partial charge >= 0.3 is 0 Å². The highest BCUT2D eigenvalue weighted by Crippen LogP contribution is 2.33. The van der Waals surface area contributed by atoms with Crippen LogP contribution in [0.1, 0.15) is 18.4 Å². The van der Waals surface area contributed by atoms with Crippen LogP contribution in [0.5, 0.6) is 5.75 Å². The van der Waals surface area contributed by atoms with Crippen LogP contribution >= 0.6 is 0 Å². The molecule has 1 aromatic rings. The van der Waals surface area contributed by atoms with Crippen LogP contribution in [0.4, 0.5) is 4.39 Å². The Morgan fingerprint density at radius 3 is 2.88 bits per heavy atom. The summed E-state index contributed by atoms with van der Waals surface area (Å²) < 4.78 is 23.9. The van der Waals surface area contributed by atoms with Crippen LogP contribution in [-0.4, -0.2) is 25.4 Å². The van der Waals surface area contributed by atoms with Crippen LogP contribution in [0, 0.1) is 5.82 Å². The van der Waals surface area contributed by atoms with Gasteiger partial charge in [0.05, 0.1) is 13.7 Å². The molecule has 0 bridgehead atoms. The number of hydrogen-bond acceptors (Lipinski definition) is 3. The van der Waals surface area contributed by atoms with E-state index in [1.807, 2.05) is 0 Å². The number of aliphatic hydroxyl groups is 1. The largest absolute Gasteiger partial charge is 0.497 e. The fourth-order valence-electron chi connectivity index (χ4n) is 1.99. The third kappa shape index (κ3) is 2.03. The van der Waals surface area contributed by atoms with E-state index in [1.54, 1.807) is 12.1 Å². The summed E-state index contributed by atoms with van der Waals surface area (Å²) in [6, 6.07) is 4.48. The smallest absolute Gasteiger partial charge is 0.133 e. The van der Waals surface area contributed by atoms with Crippen molar-refractivity contribution >= 4 is 0 Å². The van der Waals surface area contributed by atoms with E-state index in [4.69, 9.17) is 9.47 Å². The molecule has 1 N–H and O–H groups in total. The average Bonchev–Trinajstić information content (AvgIpc) is 2.29. The molecular weight excluding hydrogens is 211 g/mol. The van der Waals surface area contributed by atoms with Gasteiger partial charge in [-0.05, 0) is 25.0 Å². The summed E-state index contributed by atoms with van der Waals surface area (Å²) in [6.45, 7) is 0.774. The molecule has 16 heavy (non-hydrogen) atoms. The summed E-state index contributed by atoms with van der Waals surface area (Å²) in [4.78, 5) is 0. The predicted octanol–water partition coefficient (Wildman–Crippen LogP) is 1.83. The lowest BCUT2D eigenvalue weighted by molar-refractivity contribution is -0.0920. The maximum Gasteiger partial charge on any atom is 0.133 e. The Hall–Kier alpha value is -1.13. The van der Waals surface area contributed by atoms with Crippen molar-refractivity contribution in [2.75, 3.05) is 20.3 Å². The summed E-state index contributed by atoms with van der Waals surface area (Å²) in [5, 5.41) is 10.3. The molecule has 88 valence electrons. The first-order valence-electron chi connectivity index (χ1n) is 5.30. The minimum Gasteiger partial charge on any atom is -0.497 e. The van der Waals surface area contributed by atoms with Gasteiger partial charge in [0.2, 0.25) is 0 Å². The van der Waals surface area contributed by atoms with Crippen LogP contribution in [0.25, 0.3) is 0 Å². The molecule has 1 aromatic carbocycles. The number of benzene rings is 1. The van der Waals surface area contributed by atoms with E-state index in [1.165, 1.54) is 13.2 Å². The molecule has 1 heterocycles. The molecule has 1 fully saturated rings. The van der Waals surface area contributed by atoms with Gasteiger partial charge in [-0.1, -0.05) is 0 Å². The lowest BCUT2D eigenvalue weighted by Crippen LogP contribution is -2.36. The van der Waals surface area contributed by atoms with Crippen molar-refractivity contribution in [2.45, 2.75) is 18.4 Å². The SMILES string of the molecule is COc1ccc(C2(O)CCCOC2)c(F)c1. The number of hydrogen-bond donors (Lipinski definition) is 1. The zero-order valence-corrected chi connectivity index (χ0v) is 9.20. The molecule has 0 amide bonds. The van der Waals surface area contributed by atoms with Crippen LogP contribution in [0.2, 0.25) is 0 Å². The van der Waals surface area contributed by atoms with Crippen molar-refractivity contribution < 1.29 is 19.0 Å². The van der Waals surface area contributed by atoms with Crippen molar-refractivity contribution in [2.24, 2.45) is 0 Å². The average molecular weight is 226 g/mol. The van der Waals surface area contributed by atoms with E-state index >= 15 is 0 Å². The zero-order valence-electron chi connectivity index (χ0n) is 9.20. The molecule has 2 rings (SSSR count). The molecule has 1 aliphatic heterocycles. The Labute approximate surface area is 93.8 Å². The molecule has 1 saturated heterocycles. The summed E-state index contributed by atoms with van der Waals surface area (Å²) in [5.41, 5.74) is -0.915. The zero-order chi connectivity index (χ0) is 11.6. The van der Waals surface area contributed by atoms with Crippen molar-refractivity contribution in [1.82, 2.24) is 0 Å². The van der Waals surface area contributed by atoms with Gasteiger partial charge in [-0.2, -0.15) is 0 Å². The molecule has 1 unspecified atom stereocenters. The highest BCUT2D eigenvalue weighted by Gasteiger charge is 2.34. The Kier molecular flexibility index (Phi) is 3.12. The first-order chi connectivity index (χ1) is 7.65. The normalized spacial score (nSPS) is 25.4. The summed E-state index contributed by atoms with van der Waals surface area (Å²) in [5.74, 6) is -0.00562. The van der Waals surface area contributed by atoms with E-state index in [0.717, 1.165) is 6.42 Å². The fourth-order valence-corrected chi connectivity index (χ4v) is 1.99. The molecule has 1 atom stereocenters. The molecule has 0 saturated carbocycles. The number of ether oxygens (including phenoxy) is 2. The third-order valence-electron chi connectivity index (χ3n) is 2.90. The lowest BCUT2D eigenvalue weighted by Gasteiger charge is -2.32. The van der Waals surface area contributed by atoms with E-state index in [9.17, 15) is 9.50 Å². The van der Waals surface area contributed by atoms with Crippen molar-refractivity contribution in [3.63, 3.8) is 0 Å². The molecule has 1 aliphatic rings. The van der Waals surface area contributed by atoms with Gasteiger partial charge < -0.3 is 14.6 Å².